The standard InChI is InChI=1S/C18H20BrNO/c19-16-5-3-4-13(10-16)8-14(11-20)9-15-12-21-18-7-2-1-6-17(15)18/h1-7,10,14-15H,8-9,11-12,20H2. The minimum atomic E-state index is 0.474. The zero-order valence-corrected chi connectivity index (χ0v) is 13.6. The molecule has 0 aliphatic carbocycles. The van der Waals surface area contributed by atoms with Crippen molar-refractivity contribution in [2.24, 2.45) is 11.7 Å². The molecule has 2 unspecified atom stereocenters. The van der Waals surface area contributed by atoms with E-state index in [0.717, 1.165) is 29.7 Å². The third-order valence-electron chi connectivity index (χ3n) is 4.16. The minimum absolute atomic E-state index is 0.474. The van der Waals surface area contributed by atoms with E-state index in [4.69, 9.17) is 10.5 Å². The van der Waals surface area contributed by atoms with Gasteiger partial charge in [0.2, 0.25) is 0 Å². The minimum Gasteiger partial charge on any atom is -0.493 e. The predicted molar refractivity (Wildman–Crippen MR) is 89.7 cm³/mol. The van der Waals surface area contributed by atoms with Gasteiger partial charge in [-0.25, -0.2) is 0 Å². The Morgan fingerprint density at radius 1 is 1.19 bits per heavy atom. The van der Waals surface area contributed by atoms with Gasteiger partial charge in [0.1, 0.15) is 5.75 Å². The lowest BCUT2D eigenvalue weighted by Gasteiger charge is -2.19. The zero-order valence-electron chi connectivity index (χ0n) is 12.0. The van der Waals surface area contributed by atoms with E-state index in [0.29, 0.717) is 18.4 Å². The van der Waals surface area contributed by atoms with E-state index in [1.165, 1.54) is 11.1 Å². The molecule has 1 aliphatic heterocycles. The van der Waals surface area contributed by atoms with Gasteiger partial charge in [-0.3, -0.25) is 0 Å². The highest BCUT2D eigenvalue weighted by Gasteiger charge is 2.26. The quantitative estimate of drug-likeness (QED) is 0.883. The van der Waals surface area contributed by atoms with Gasteiger partial charge in [0.05, 0.1) is 6.61 Å². The summed E-state index contributed by atoms with van der Waals surface area (Å²) < 4.78 is 6.91. The smallest absolute Gasteiger partial charge is 0.122 e. The summed E-state index contributed by atoms with van der Waals surface area (Å²) in [7, 11) is 0. The van der Waals surface area contributed by atoms with Gasteiger partial charge in [-0.15, -0.1) is 0 Å². The number of nitrogens with two attached hydrogens (primary N) is 1. The monoisotopic (exact) mass is 345 g/mol. The fourth-order valence-electron chi connectivity index (χ4n) is 3.09. The zero-order chi connectivity index (χ0) is 14.7. The topological polar surface area (TPSA) is 35.2 Å². The normalized spacial score (nSPS) is 18.1. The highest BCUT2D eigenvalue weighted by atomic mass is 79.9. The highest BCUT2D eigenvalue weighted by molar-refractivity contribution is 9.10. The molecule has 0 saturated carbocycles. The van der Waals surface area contributed by atoms with Crippen LogP contribution < -0.4 is 10.5 Å². The first-order valence-corrected chi connectivity index (χ1v) is 8.22. The van der Waals surface area contributed by atoms with Gasteiger partial charge in [0.25, 0.3) is 0 Å². The van der Waals surface area contributed by atoms with E-state index in [1.54, 1.807) is 0 Å². The Kier molecular flexibility index (Phi) is 4.61. The maximum atomic E-state index is 6.00. The van der Waals surface area contributed by atoms with Crippen LogP contribution in [-0.2, 0) is 6.42 Å². The second-order valence-electron chi connectivity index (χ2n) is 5.72. The first-order chi connectivity index (χ1) is 10.3. The molecule has 3 rings (SSSR count). The molecule has 0 bridgehead atoms. The number of halogens is 1. The average Bonchev–Trinajstić information content (AvgIpc) is 2.90. The summed E-state index contributed by atoms with van der Waals surface area (Å²) in [5, 5.41) is 0. The first-order valence-electron chi connectivity index (χ1n) is 7.42. The van der Waals surface area contributed by atoms with Gasteiger partial charge < -0.3 is 10.5 Å². The van der Waals surface area contributed by atoms with Crippen LogP contribution in [0.15, 0.2) is 53.0 Å². The fourth-order valence-corrected chi connectivity index (χ4v) is 3.53. The molecule has 2 nitrogen and oxygen atoms in total. The van der Waals surface area contributed by atoms with Crippen LogP contribution in [0.5, 0.6) is 5.75 Å². The summed E-state index contributed by atoms with van der Waals surface area (Å²) in [5.74, 6) is 2.00. The molecule has 0 spiro atoms. The van der Waals surface area contributed by atoms with Gasteiger partial charge >= 0.3 is 0 Å². The van der Waals surface area contributed by atoms with Crippen molar-refractivity contribution >= 4 is 15.9 Å². The van der Waals surface area contributed by atoms with Crippen LogP contribution in [0.4, 0.5) is 0 Å². The van der Waals surface area contributed by atoms with Crippen molar-refractivity contribution in [1.82, 2.24) is 0 Å². The van der Waals surface area contributed by atoms with E-state index in [-0.39, 0.29) is 0 Å². The largest absolute Gasteiger partial charge is 0.493 e. The molecule has 0 aromatic heterocycles. The number of ether oxygens (including phenoxy) is 1. The van der Waals surface area contributed by atoms with E-state index < -0.39 is 0 Å². The third kappa shape index (κ3) is 3.47. The van der Waals surface area contributed by atoms with Crippen molar-refractivity contribution in [3.8, 4) is 5.75 Å². The van der Waals surface area contributed by atoms with Crippen molar-refractivity contribution in [1.29, 1.82) is 0 Å². The summed E-state index contributed by atoms with van der Waals surface area (Å²) in [6.07, 6.45) is 2.11. The maximum absolute atomic E-state index is 6.00. The predicted octanol–water partition coefficient (Wildman–Crippen LogP) is 4.13. The maximum Gasteiger partial charge on any atom is 0.122 e. The number of rotatable bonds is 5. The Morgan fingerprint density at radius 2 is 2.05 bits per heavy atom. The molecule has 110 valence electrons. The van der Waals surface area contributed by atoms with E-state index in [2.05, 4.69) is 58.4 Å². The van der Waals surface area contributed by atoms with Crippen molar-refractivity contribution in [3.63, 3.8) is 0 Å². The molecule has 0 saturated heterocycles. The second kappa shape index (κ2) is 6.63. The number of para-hydroxylation sites is 1. The molecule has 2 N–H and O–H groups in total. The van der Waals surface area contributed by atoms with Crippen molar-refractivity contribution in [3.05, 3.63) is 64.1 Å². The molecule has 21 heavy (non-hydrogen) atoms. The van der Waals surface area contributed by atoms with Gasteiger partial charge in [-0.2, -0.15) is 0 Å². The van der Waals surface area contributed by atoms with Crippen LogP contribution in [-0.4, -0.2) is 13.2 Å². The Morgan fingerprint density at radius 3 is 2.86 bits per heavy atom. The molecule has 3 heteroatoms. The molecule has 0 radical (unpaired) electrons. The van der Waals surface area contributed by atoms with Crippen LogP contribution in [0.1, 0.15) is 23.5 Å². The van der Waals surface area contributed by atoms with Crippen molar-refractivity contribution < 1.29 is 4.74 Å². The van der Waals surface area contributed by atoms with E-state index >= 15 is 0 Å². The first kappa shape index (κ1) is 14.6. The molecular weight excluding hydrogens is 326 g/mol. The van der Waals surface area contributed by atoms with Gasteiger partial charge in [-0.05, 0) is 49.1 Å². The molecular formula is C18H20BrNO. The molecule has 2 aromatic rings. The fraction of sp³-hybridized carbons (Fsp3) is 0.333. The third-order valence-corrected chi connectivity index (χ3v) is 4.66. The summed E-state index contributed by atoms with van der Waals surface area (Å²) >= 11 is 3.53. The molecule has 2 atom stereocenters. The lowest BCUT2D eigenvalue weighted by atomic mass is 9.87. The van der Waals surface area contributed by atoms with Crippen molar-refractivity contribution in [2.75, 3.05) is 13.2 Å². The SMILES string of the molecule is NCC(Cc1cccc(Br)c1)CC1COc2ccccc21. The van der Waals surface area contributed by atoms with Crippen molar-refractivity contribution in [2.45, 2.75) is 18.8 Å². The van der Waals surface area contributed by atoms with Crippen LogP contribution in [0.25, 0.3) is 0 Å². The number of hydrogen-bond acceptors (Lipinski definition) is 2. The van der Waals surface area contributed by atoms with E-state index in [9.17, 15) is 0 Å². The van der Waals surface area contributed by atoms with Gasteiger partial charge in [0.15, 0.2) is 0 Å². The summed E-state index contributed by atoms with van der Waals surface area (Å²) in [6, 6.07) is 16.9. The lowest BCUT2D eigenvalue weighted by Crippen LogP contribution is -2.20. The Labute approximate surface area is 134 Å². The number of fused-ring (bicyclic) bond motifs is 1. The number of benzene rings is 2. The summed E-state index contributed by atoms with van der Waals surface area (Å²) in [6.45, 7) is 1.50. The van der Waals surface area contributed by atoms with Gasteiger partial charge in [0, 0.05) is 16.0 Å². The molecule has 0 fully saturated rings. The second-order valence-corrected chi connectivity index (χ2v) is 6.63. The highest BCUT2D eigenvalue weighted by Crippen LogP contribution is 2.37. The van der Waals surface area contributed by atoms with Gasteiger partial charge in [-0.1, -0.05) is 46.3 Å². The van der Waals surface area contributed by atoms with Crippen LogP contribution in [0, 0.1) is 5.92 Å². The summed E-state index contributed by atoms with van der Waals surface area (Å²) in [5.41, 5.74) is 8.68. The lowest BCUT2D eigenvalue weighted by molar-refractivity contribution is 0.306. The van der Waals surface area contributed by atoms with E-state index in [1.807, 2.05) is 6.07 Å². The molecule has 2 aromatic carbocycles. The van der Waals surface area contributed by atoms with Crippen LogP contribution in [0.2, 0.25) is 0 Å². The van der Waals surface area contributed by atoms with Crippen LogP contribution in [0.3, 0.4) is 0 Å². The number of hydrogen-bond donors (Lipinski definition) is 1. The average molecular weight is 346 g/mol. The Bertz CT molecular complexity index is 614. The Hall–Kier alpha value is -1.32. The molecule has 1 aliphatic rings. The van der Waals surface area contributed by atoms with Crippen LogP contribution >= 0.6 is 15.9 Å². The molecule has 0 amide bonds. The Balaban J connectivity index is 1.68. The molecule has 1 heterocycles. The summed E-state index contributed by atoms with van der Waals surface area (Å²) in [4.78, 5) is 0.